The molecule has 1 aromatic rings. The van der Waals surface area contributed by atoms with Gasteiger partial charge in [0, 0.05) is 13.0 Å². The van der Waals surface area contributed by atoms with Crippen molar-refractivity contribution >= 4 is 15.2 Å². The topological polar surface area (TPSA) is 148 Å². The number of ether oxygens (including phenoxy) is 1. The highest BCUT2D eigenvalue weighted by Crippen LogP contribution is 2.68. The van der Waals surface area contributed by atoms with Gasteiger partial charge >= 0.3 is 15.2 Å². The Bertz CT molecular complexity index is 668. The van der Waals surface area contributed by atoms with Gasteiger partial charge in [0.25, 0.3) is 5.08 Å². The molecule has 0 bridgehead atoms. The van der Waals surface area contributed by atoms with E-state index < -0.39 is 26.7 Å². The van der Waals surface area contributed by atoms with Gasteiger partial charge in [0.1, 0.15) is 5.75 Å². The van der Waals surface area contributed by atoms with E-state index in [1.54, 1.807) is 7.11 Å². The smallest absolute Gasteiger partial charge is 0.369 e. The van der Waals surface area contributed by atoms with Gasteiger partial charge in [0.2, 0.25) is 0 Å². The van der Waals surface area contributed by atoms with E-state index in [9.17, 15) is 33.8 Å². The Morgan fingerprint density at radius 3 is 2.00 bits per heavy atom. The lowest BCUT2D eigenvalue weighted by Gasteiger charge is -2.35. The van der Waals surface area contributed by atoms with Crippen LogP contribution in [0.4, 0.5) is 0 Å². The first-order valence-corrected chi connectivity index (χ1v) is 11.4. The summed E-state index contributed by atoms with van der Waals surface area (Å²) in [5, 5.41) is 6.59. The predicted molar refractivity (Wildman–Crippen MR) is 95.1 cm³/mol. The second-order valence-corrected chi connectivity index (χ2v) is 10.5. The fourth-order valence-electron chi connectivity index (χ4n) is 3.14. The standard InChI is InChI=1S/C15H25NO8P2/c1-24-14-4-2-12(3-5-14)13-6-9-16(10-7-13)11-8-15(17,25(18,19)20)26(21,22)23/h2-5,13,17H,6-11H2,1H3,(H2,18,19,20)(H2,21,22,23). The van der Waals surface area contributed by atoms with Crippen LogP contribution in [-0.2, 0) is 9.13 Å². The van der Waals surface area contributed by atoms with Crippen LogP contribution in [0.2, 0.25) is 0 Å². The van der Waals surface area contributed by atoms with Gasteiger partial charge < -0.3 is 34.3 Å². The largest absolute Gasteiger partial charge is 0.497 e. The van der Waals surface area contributed by atoms with Crippen molar-refractivity contribution in [1.82, 2.24) is 4.90 Å². The molecular weight excluding hydrogens is 384 g/mol. The number of methoxy groups -OCH3 is 1. The summed E-state index contributed by atoms with van der Waals surface area (Å²) in [4.78, 5) is 38.5. The molecule has 1 heterocycles. The third-order valence-electron chi connectivity index (χ3n) is 4.87. The van der Waals surface area contributed by atoms with Crippen molar-refractivity contribution in [3.8, 4) is 5.75 Å². The summed E-state index contributed by atoms with van der Waals surface area (Å²) in [6.07, 6.45) is 0.905. The zero-order valence-corrected chi connectivity index (χ0v) is 16.2. The first-order chi connectivity index (χ1) is 12.0. The molecule has 1 saturated heterocycles. The van der Waals surface area contributed by atoms with Gasteiger partial charge in [0.05, 0.1) is 7.11 Å². The van der Waals surface area contributed by atoms with Crippen LogP contribution >= 0.6 is 15.2 Å². The Labute approximate surface area is 151 Å². The van der Waals surface area contributed by atoms with Gasteiger partial charge in [-0.1, -0.05) is 12.1 Å². The van der Waals surface area contributed by atoms with Crippen LogP contribution in [0.3, 0.4) is 0 Å². The number of rotatable bonds is 7. The lowest BCUT2D eigenvalue weighted by Crippen LogP contribution is -2.38. The van der Waals surface area contributed by atoms with Crippen LogP contribution in [0.5, 0.6) is 5.75 Å². The summed E-state index contributed by atoms with van der Waals surface area (Å²) in [7, 11) is -9.18. The van der Waals surface area contributed by atoms with Crippen LogP contribution in [0.1, 0.15) is 30.7 Å². The highest BCUT2D eigenvalue weighted by molar-refractivity contribution is 7.72. The molecule has 1 fully saturated rings. The minimum absolute atomic E-state index is 0.0119. The number of likely N-dealkylation sites (tertiary alicyclic amines) is 1. The minimum atomic E-state index is -5.39. The summed E-state index contributed by atoms with van der Waals surface area (Å²) in [5.41, 5.74) is 1.17. The highest BCUT2D eigenvalue weighted by atomic mass is 31.2. The summed E-state index contributed by atoms with van der Waals surface area (Å²) in [6.45, 7) is 1.20. The number of aliphatic hydroxyl groups is 1. The molecule has 9 nitrogen and oxygen atoms in total. The van der Waals surface area contributed by atoms with E-state index in [-0.39, 0.29) is 6.54 Å². The SMILES string of the molecule is COc1ccc(C2CCN(CCC(O)(P(=O)(O)O)P(=O)(O)O)CC2)cc1. The molecule has 5 N–H and O–H groups in total. The second kappa shape index (κ2) is 8.09. The van der Waals surface area contributed by atoms with Crippen molar-refractivity contribution < 1.29 is 38.5 Å². The van der Waals surface area contributed by atoms with Gasteiger partial charge in [-0.2, -0.15) is 0 Å². The molecule has 0 radical (unpaired) electrons. The monoisotopic (exact) mass is 409 g/mol. The molecule has 26 heavy (non-hydrogen) atoms. The van der Waals surface area contributed by atoms with Crippen LogP contribution in [0, 0.1) is 0 Å². The number of hydrogen-bond acceptors (Lipinski definition) is 5. The predicted octanol–water partition coefficient (Wildman–Crippen LogP) is 1.27. The van der Waals surface area contributed by atoms with Crippen LogP contribution < -0.4 is 4.74 Å². The second-order valence-electron chi connectivity index (χ2n) is 6.50. The molecule has 11 heteroatoms. The van der Waals surface area contributed by atoms with E-state index in [1.807, 2.05) is 29.2 Å². The molecule has 1 aliphatic rings. The normalized spacial score (nSPS) is 18.1. The number of hydrogen-bond donors (Lipinski definition) is 5. The van der Waals surface area contributed by atoms with E-state index in [1.165, 1.54) is 5.56 Å². The molecule has 0 unspecified atom stereocenters. The van der Waals surface area contributed by atoms with Crippen LogP contribution in [0.25, 0.3) is 0 Å². The molecule has 0 spiro atoms. The summed E-state index contributed by atoms with van der Waals surface area (Å²) in [5.74, 6) is 1.11. The molecule has 1 aliphatic heterocycles. The quantitative estimate of drug-likeness (QED) is 0.420. The van der Waals surface area contributed by atoms with Gasteiger partial charge in [-0.25, -0.2) is 0 Å². The first kappa shape index (κ1) is 21.5. The summed E-state index contributed by atoms with van der Waals surface area (Å²) >= 11 is 0. The maximum atomic E-state index is 11.4. The van der Waals surface area contributed by atoms with E-state index in [4.69, 9.17) is 4.74 Å². The highest BCUT2D eigenvalue weighted by Gasteiger charge is 2.59. The number of nitrogens with zero attached hydrogens (tertiary/aromatic N) is 1. The molecular formula is C15H25NO8P2. The van der Waals surface area contributed by atoms with E-state index in [0.29, 0.717) is 19.0 Å². The van der Waals surface area contributed by atoms with Gasteiger partial charge in [-0.15, -0.1) is 0 Å². The van der Waals surface area contributed by atoms with Crippen molar-refractivity contribution in [2.45, 2.75) is 30.3 Å². The Morgan fingerprint density at radius 2 is 1.58 bits per heavy atom. The van der Waals surface area contributed by atoms with Crippen molar-refractivity contribution in [2.24, 2.45) is 0 Å². The minimum Gasteiger partial charge on any atom is -0.497 e. The average molecular weight is 409 g/mol. The van der Waals surface area contributed by atoms with Gasteiger partial charge in [-0.05, 0) is 49.5 Å². The molecule has 0 atom stereocenters. The van der Waals surface area contributed by atoms with Crippen LogP contribution in [0.15, 0.2) is 24.3 Å². The molecule has 1 aromatic carbocycles. The van der Waals surface area contributed by atoms with E-state index >= 15 is 0 Å². The molecule has 148 valence electrons. The lowest BCUT2D eigenvalue weighted by atomic mass is 9.89. The van der Waals surface area contributed by atoms with Crippen molar-refractivity contribution in [3.63, 3.8) is 0 Å². The van der Waals surface area contributed by atoms with Gasteiger partial charge in [0.15, 0.2) is 0 Å². The van der Waals surface area contributed by atoms with Gasteiger partial charge in [-0.3, -0.25) is 9.13 Å². The lowest BCUT2D eigenvalue weighted by molar-refractivity contribution is 0.102. The van der Waals surface area contributed by atoms with Crippen molar-refractivity contribution in [1.29, 1.82) is 0 Å². The zero-order chi connectivity index (χ0) is 19.6. The van der Waals surface area contributed by atoms with Crippen molar-refractivity contribution in [2.75, 3.05) is 26.7 Å². The third-order valence-corrected chi connectivity index (χ3v) is 8.75. The maximum absolute atomic E-state index is 11.4. The molecule has 0 saturated carbocycles. The molecule has 0 aromatic heterocycles. The average Bonchev–Trinajstić information content (AvgIpc) is 2.58. The Kier molecular flexibility index (Phi) is 6.70. The number of piperidine rings is 1. The Hall–Kier alpha value is -0.760. The first-order valence-electron chi connectivity index (χ1n) is 8.18. The van der Waals surface area contributed by atoms with E-state index in [0.717, 1.165) is 18.6 Å². The molecule has 0 aliphatic carbocycles. The third kappa shape index (κ3) is 4.74. The molecule has 0 amide bonds. The fraction of sp³-hybridized carbons (Fsp3) is 0.600. The number of benzene rings is 1. The fourth-order valence-corrected chi connectivity index (χ4v) is 5.28. The molecule has 2 rings (SSSR count). The van der Waals surface area contributed by atoms with E-state index in [2.05, 4.69) is 0 Å². The Balaban J connectivity index is 1.93. The Morgan fingerprint density at radius 1 is 1.08 bits per heavy atom. The van der Waals surface area contributed by atoms with Crippen molar-refractivity contribution in [3.05, 3.63) is 29.8 Å². The summed E-state index contributed by atoms with van der Waals surface area (Å²) in [6, 6.07) is 7.78. The maximum Gasteiger partial charge on any atom is 0.369 e. The zero-order valence-electron chi connectivity index (χ0n) is 14.4. The summed E-state index contributed by atoms with van der Waals surface area (Å²) < 4.78 is 27.9. The van der Waals surface area contributed by atoms with Crippen LogP contribution in [-0.4, -0.2) is 61.4 Å².